The van der Waals surface area contributed by atoms with Crippen LogP contribution in [0.2, 0.25) is 83.2 Å². The molecule has 0 aliphatic carbocycles. The molecule has 0 aromatic carbocycles. The molecule has 0 rings (SSSR count). The number of rotatable bonds is 9. The van der Waals surface area contributed by atoms with Gasteiger partial charge in [0, 0.05) is 5.67 Å². The molecule has 0 unspecified atom stereocenters. The highest BCUT2D eigenvalue weighted by atomic mass is 28.5. The van der Waals surface area contributed by atoms with Gasteiger partial charge in [0.15, 0.2) is 33.3 Å². The first-order chi connectivity index (χ1) is 9.77. The van der Waals surface area contributed by atoms with E-state index in [2.05, 4.69) is 85.9 Å². The lowest BCUT2D eigenvalue weighted by Crippen LogP contribution is -2.58. The summed E-state index contributed by atoms with van der Waals surface area (Å²) in [5.41, 5.74) is 1.68. The molecule has 0 aromatic heterocycles. The van der Waals surface area contributed by atoms with Crippen LogP contribution in [0.1, 0.15) is 13.8 Å². The third kappa shape index (κ3) is 10.5. The molecule has 0 fully saturated rings. The highest BCUT2D eigenvalue weighted by Crippen LogP contribution is 2.33. The van der Waals surface area contributed by atoms with Crippen molar-refractivity contribution < 1.29 is 12.3 Å². The Morgan fingerprint density at radius 1 is 0.609 bits per heavy atom. The maximum atomic E-state index is 6.79. The first-order valence-corrected chi connectivity index (χ1v) is 24.3. The van der Waals surface area contributed by atoms with Crippen LogP contribution in [0.3, 0.4) is 0 Å². The van der Waals surface area contributed by atoms with Crippen molar-refractivity contribution >= 4 is 41.8 Å². The second-order valence-electron chi connectivity index (χ2n) is 10.4. The van der Waals surface area contributed by atoms with Crippen molar-refractivity contribution in [2.75, 3.05) is 0 Å². The van der Waals surface area contributed by atoms with Crippen molar-refractivity contribution in [2.24, 2.45) is 0 Å². The van der Waals surface area contributed by atoms with Crippen molar-refractivity contribution in [1.82, 2.24) is 0 Å². The maximum absolute atomic E-state index is 6.79. The SMILES string of the molecule is CC(C)[Si](C)(C)O[Si](C)(C)C[Si](C)(O[Si](C)(C)C)O[Si](C)(C)C. The Balaban J connectivity index is 5.35. The molecule has 8 heteroatoms. The van der Waals surface area contributed by atoms with E-state index in [1.165, 1.54) is 0 Å². The van der Waals surface area contributed by atoms with E-state index in [9.17, 15) is 0 Å². The molecule has 3 nitrogen and oxygen atoms in total. The van der Waals surface area contributed by atoms with E-state index in [4.69, 9.17) is 12.3 Å². The topological polar surface area (TPSA) is 27.7 Å². The minimum absolute atomic E-state index is 0.637. The van der Waals surface area contributed by atoms with E-state index in [-0.39, 0.29) is 0 Å². The van der Waals surface area contributed by atoms with Gasteiger partial charge in [-0.25, -0.2) is 0 Å². The summed E-state index contributed by atoms with van der Waals surface area (Å²) in [5, 5.41) is 0. The van der Waals surface area contributed by atoms with Gasteiger partial charge in [-0.05, 0) is 77.6 Å². The van der Waals surface area contributed by atoms with Crippen LogP contribution in [0.4, 0.5) is 0 Å². The molecule has 0 aromatic rings. The van der Waals surface area contributed by atoms with E-state index in [0.29, 0.717) is 5.54 Å². The number of hydrogen-bond acceptors (Lipinski definition) is 3. The summed E-state index contributed by atoms with van der Waals surface area (Å²) in [6, 6.07) is 0. The Morgan fingerprint density at radius 3 is 1.22 bits per heavy atom. The van der Waals surface area contributed by atoms with Gasteiger partial charge >= 0.3 is 8.56 Å². The molecule has 0 saturated heterocycles. The largest absolute Gasteiger partial charge is 0.455 e. The normalized spacial score (nSPS) is 15.4. The molecule has 23 heavy (non-hydrogen) atoms. The monoisotopic (exact) mass is 410 g/mol. The minimum Gasteiger partial charge on any atom is -0.455 e. The van der Waals surface area contributed by atoms with Crippen LogP contribution in [0, 0.1) is 0 Å². The molecule has 0 N–H and O–H groups in total. The average Bonchev–Trinajstić information content (AvgIpc) is 2.04. The van der Waals surface area contributed by atoms with Crippen LogP contribution in [-0.4, -0.2) is 41.8 Å². The van der Waals surface area contributed by atoms with Gasteiger partial charge in [-0.1, -0.05) is 13.8 Å². The van der Waals surface area contributed by atoms with Crippen molar-refractivity contribution in [2.45, 2.75) is 97.1 Å². The van der Waals surface area contributed by atoms with Gasteiger partial charge in [0.2, 0.25) is 0 Å². The van der Waals surface area contributed by atoms with Crippen LogP contribution in [-0.2, 0) is 12.3 Å². The fourth-order valence-electron chi connectivity index (χ4n) is 3.03. The minimum atomic E-state index is -2.21. The van der Waals surface area contributed by atoms with Gasteiger partial charge in [0.1, 0.15) is 0 Å². The zero-order chi connectivity index (χ0) is 18.9. The predicted octanol–water partition coefficient (Wildman–Crippen LogP) is 6.14. The molecule has 0 radical (unpaired) electrons. The highest BCUT2D eigenvalue weighted by Gasteiger charge is 2.47. The molecule has 0 atom stereocenters. The third-order valence-electron chi connectivity index (χ3n) is 3.72. The Bertz CT molecular complexity index is 368. The van der Waals surface area contributed by atoms with Gasteiger partial charge in [0.05, 0.1) is 0 Å². The Morgan fingerprint density at radius 2 is 0.957 bits per heavy atom. The quantitative estimate of drug-likeness (QED) is 0.427. The van der Waals surface area contributed by atoms with Crippen molar-refractivity contribution in [1.29, 1.82) is 0 Å². The predicted molar refractivity (Wildman–Crippen MR) is 116 cm³/mol. The summed E-state index contributed by atoms with van der Waals surface area (Å²) < 4.78 is 20.1. The van der Waals surface area contributed by atoms with Crippen LogP contribution < -0.4 is 0 Å². The van der Waals surface area contributed by atoms with Crippen LogP contribution >= 0.6 is 0 Å². The fourth-order valence-corrected chi connectivity index (χ4v) is 29.6. The molecular formula is C15H42O3Si5. The fraction of sp³-hybridized carbons (Fsp3) is 1.00. The molecule has 0 aliphatic heterocycles. The van der Waals surface area contributed by atoms with Crippen LogP contribution in [0.15, 0.2) is 0 Å². The van der Waals surface area contributed by atoms with Crippen molar-refractivity contribution in [3.63, 3.8) is 0 Å². The van der Waals surface area contributed by atoms with Crippen LogP contribution in [0.25, 0.3) is 0 Å². The maximum Gasteiger partial charge on any atom is 0.313 e. The molecule has 0 heterocycles. The molecule has 140 valence electrons. The summed E-state index contributed by atoms with van der Waals surface area (Å²) in [6.45, 7) is 29.9. The summed E-state index contributed by atoms with van der Waals surface area (Å²) >= 11 is 0. The lowest BCUT2D eigenvalue weighted by Gasteiger charge is -2.44. The number of hydrogen-bond donors (Lipinski definition) is 0. The molecule has 0 bridgehead atoms. The van der Waals surface area contributed by atoms with E-state index in [0.717, 1.165) is 5.67 Å². The summed E-state index contributed by atoms with van der Waals surface area (Å²) in [7, 11) is -8.94. The average molecular weight is 411 g/mol. The summed E-state index contributed by atoms with van der Waals surface area (Å²) in [4.78, 5) is 0. The molecule has 0 saturated carbocycles. The Kier molecular flexibility index (Phi) is 8.01. The lowest BCUT2D eigenvalue weighted by atomic mass is 10.6. The second kappa shape index (κ2) is 7.69. The lowest BCUT2D eigenvalue weighted by molar-refractivity contribution is 0.387. The molecule has 0 aliphatic rings. The van der Waals surface area contributed by atoms with E-state index >= 15 is 0 Å². The van der Waals surface area contributed by atoms with E-state index < -0.39 is 41.8 Å². The zero-order valence-corrected chi connectivity index (χ0v) is 23.0. The van der Waals surface area contributed by atoms with Crippen molar-refractivity contribution in [3.8, 4) is 0 Å². The standard InChI is InChI=1S/C15H42O3Si5/c1-15(2)22(11,12)18-21(9,10)14-23(13,16-19(3,4)5)17-20(6,7)8/h15H,14H2,1-13H3. The summed E-state index contributed by atoms with van der Waals surface area (Å²) in [6.07, 6.45) is 0. The first kappa shape index (κ1) is 24.0. The Labute approximate surface area is 151 Å². The van der Waals surface area contributed by atoms with Crippen molar-refractivity contribution in [3.05, 3.63) is 0 Å². The van der Waals surface area contributed by atoms with Gasteiger partial charge in [-0.15, -0.1) is 0 Å². The molecular weight excluding hydrogens is 369 g/mol. The third-order valence-corrected chi connectivity index (χ3v) is 25.1. The van der Waals surface area contributed by atoms with E-state index in [1.807, 2.05) is 0 Å². The first-order valence-electron chi connectivity index (χ1n) is 8.88. The van der Waals surface area contributed by atoms with Gasteiger partial charge in [0.25, 0.3) is 0 Å². The van der Waals surface area contributed by atoms with E-state index in [1.54, 1.807) is 0 Å². The second-order valence-corrected chi connectivity index (χ2v) is 32.8. The summed E-state index contributed by atoms with van der Waals surface area (Å²) in [5.74, 6) is 0. The smallest absolute Gasteiger partial charge is 0.313 e. The highest BCUT2D eigenvalue weighted by molar-refractivity contribution is 6.97. The van der Waals surface area contributed by atoms with Gasteiger partial charge in [-0.3, -0.25) is 0 Å². The van der Waals surface area contributed by atoms with Gasteiger partial charge in [-0.2, -0.15) is 0 Å². The molecule has 0 spiro atoms. The Hall–Kier alpha value is 0.964. The zero-order valence-electron chi connectivity index (χ0n) is 18.0. The van der Waals surface area contributed by atoms with Gasteiger partial charge < -0.3 is 12.3 Å². The molecule has 0 amide bonds. The van der Waals surface area contributed by atoms with Crippen LogP contribution in [0.5, 0.6) is 0 Å².